The molecule has 0 bridgehead atoms. The fourth-order valence-corrected chi connectivity index (χ4v) is 3.64. The third-order valence-electron chi connectivity index (χ3n) is 5.19. The van der Waals surface area contributed by atoms with Crippen LogP contribution in [-0.2, 0) is 0 Å². The van der Waals surface area contributed by atoms with Gasteiger partial charge in [-0.05, 0) is 43.4 Å². The van der Waals surface area contributed by atoms with Crippen molar-refractivity contribution in [2.24, 2.45) is 28.5 Å². The summed E-state index contributed by atoms with van der Waals surface area (Å²) < 4.78 is 0. The van der Waals surface area contributed by atoms with E-state index in [1.165, 1.54) is 57.8 Å². The molecule has 3 N–H and O–H groups in total. The fourth-order valence-electron chi connectivity index (χ4n) is 3.64. The lowest BCUT2D eigenvalue weighted by molar-refractivity contribution is 0.310. The molecule has 0 unspecified atom stereocenters. The van der Waals surface area contributed by atoms with Gasteiger partial charge in [0.15, 0.2) is 5.96 Å². The van der Waals surface area contributed by atoms with E-state index in [1.54, 1.807) is 0 Å². The molecule has 0 aliphatic heterocycles. The topological polar surface area (TPSA) is 50.4 Å². The van der Waals surface area contributed by atoms with Crippen molar-refractivity contribution in [2.45, 2.75) is 63.8 Å². The van der Waals surface area contributed by atoms with Crippen LogP contribution < -0.4 is 11.1 Å². The maximum atomic E-state index is 5.92. The van der Waals surface area contributed by atoms with Gasteiger partial charge in [0.1, 0.15) is 0 Å². The summed E-state index contributed by atoms with van der Waals surface area (Å²) in [7, 11) is 0. The second kappa shape index (κ2) is 5.50. The van der Waals surface area contributed by atoms with Gasteiger partial charge in [-0.3, -0.25) is 4.99 Å². The number of nitrogens with one attached hydrogen (secondary N) is 1. The lowest BCUT2D eigenvalue weighted by Crippen LogP contribution is -2.43. The molecule has 3 aliphatic rings. The largest absolute Gasteiger partial charge is 0.370 e. The van der Waals surface area contributed by atoms with E-state index in [4.69, 9.17) is 5.73 Å². The maximum Gasteiger partial charge on any atom is 0.188 e. The highest BCUT2D eigenvalue weighted by Crippen LogP contribution is 2.49. The van der Waals surface area contributed by atoms with Crippen molar-refractivity contribution in [1.82, 2.24) is 5.32 Å². The molecule has 3 heteroatoms. The normalized spacial score (nSPS) is 34.1. The summed E-state index contributed by atoms with van der Waals surface area (Å²) in [6.07, 6.45) is 12.6. The van der Waals surface area contributed by atoms with Crippen LogP contribution in [0.25, 0.3) is 0 Å². The molecule has 0 spiro atoms. The van der Waals surface area contributed by atoms with E-state index in [-0.39, 0.29) is 0 Å². The summed E-state index contributed by atoms with van der Waals surface area (Å²) >= 11 is 0. The van der Waals surface area contributed by atoms with Crippen LogP contribution in [0, 0.1) is 17.8 Å². The number of nitrogens with two attached hydrogens (primary N) is 1. The van der Waals surface area contributed by atoms with Crippen molar-refractivity contribution in [2.75, 3.05) is 6.54 Å². The van der Waals surface area contributed by atoms with Gasteiger partial charge in [0.2, 0.25) is 0 Å². The maximum absolute atomic E-state index is 5.92. The van der Waals surface area contributed by atoms with Gasteiger partial charge in [0, 0.05) is 12.6 Å². The monoisotopic (exact) mass is 249 g/mol. The van der Waals surface area contributed by atoms with Crippen molar-refractivity contribution < 1.29 is 0 Å². The molecule has 0 aromatic rings. The molecule has 3 fully saturated rings. The van der Waals surface area contributed by atoms with Crippen LogP contribution in [-0.4, -0.2) is 18.5 Å². The number of guanidine groups is 1. The van der Waals surface area contributed by atoms with Crippen LogP contribution in [0.4, 0.5) is 0 Å². The van der Waals surface area contributed by atoms with Crippen molar-refractivity contribution in [1.29, 1.82) is 0 Å². The summed E-state index contributed by atoms with van der Waals surface area (Å²) in [6, 6.07) is 0.613. The van der Waals surface area contributed by atoms with Gasteiger partial charge >= 0.3 is 0 Å². The first-order valence-corrected chi connectivity index (χ1v) is 7.89. The Bertz CT molecular complexity index is 303. The van der Waals surface area contributed by atoms with Gasteiger partial charge < -0.3 is 11.1 Å². The highest BCUT2D eigenvalue weighted by Gasteiger charge is 2.42. The zero-order chi connectivity index (χ0) is 12.4. The van der Waals surface area contributed by atoms with E-state index >= 15 is 0 Å². The Morgan fingerprint density at radius 2 is 1.83 bits per heavy atom. The van der Waals surface area contributed by atoms with E-state index in [1.807, 2.05) is 0 Å². The van der Waals surface area contributed by atoms with E-state index in [9.17, 15) is 0 Å². The lowest BCUT2D eigenvalue weighted by Gasteiger charge is -2.26. The van der Waals surface area contributed by atoms with Crippen LogP contribution in [0.1, 0.15) is 57.8 Å². The quantitative estimate of drug-likeness (QED) is 0.594. The van der Waals surface area contributed by atoms with Gasteiger partial charge in [0.25, 0.3) is 0 Å². The first kappa shape index (κ1) is 12.3. The Balaban J connectivity index is 1.37. The molecular weight excluding hydrogens is 222 g/mol. The number of hydrogen-bond donors (Lipinski definition) is 2. The fraction of sp³-hybridized carbons (Fsp3) is 0.933. The Morgan fingerprint density at radius 3 is 2.50 bits per heavy atom. The van der Waals surface area contributed by atoms with Crippen LogP contribution in [0.15, 0.2) is 4.99 Å². The number of aliphatic imine (C=N–C) groups is 1. The minimum atomic E-state index is 0.613. The molecule has 3 nitrogen and oxygen atoms in total. The average molecular weight is 249 g/mol. The van der Waals surface area contributed by atoms with Gasteiger partial charge in [0.05, 0.1) is 0 Å². The molecule has 3 rings (SSSR count). The highest BCUT2D eigenvalue weighted by atomic mass is 15.1. The van der Waals surface area contributed by atoms with Crippen molar-refractivity contribution in [3.8, 4) is 0 Å². The molecule has 0 saturated heterocycles. The Hall–Kier alpha value is -0.730. The molecule has 18 heavy (non-hydrogen) atoms. The smallest absolute Gasteiger partial charge is 0.188 e. The highest BCUT2D eigenvalue weighted by molar-refractivity contribution is 5.78. The van der Waals surface area contributed by atoms with Crippen molar-refractivity contribution in [3.63, 3.8) is 0 Å². The molecule has 3 aliphatic carbocycles. The van der Waals surface area contributed by atoms with Crippen molar-refractivity contribution in [3.05, 3.63) is 0 Å². The van der Waals surface area contributed by atoms with Crippen LogP contribution in [0.2, 0.25) is 0 Å². The van der Waals surface area contributed by atoms with Gasteiger partial charge in [-0.25, -0.2) is 0 Å². The standard InChI is InChI=1S/C15H27N3/c16-15(18-13-7-4-8-13)17-10-12-9-14(12)11-5-2-1-3-6-11/h11-14H,1-10H2,(H3,16,17,18)/t12-,14-/m0/s1. The summed E-state index contributed by atoms with van der Waals surface area (Å²) in [5, 5.41) is 3.32. The second-order valence-electron chi connectivity index (χ2n) is 6.56. The molecule has 3 saturated carbocycles. The molecule has 0 aromatic heterocycles. The van der Waals surface area contributed by atoms with Crippen LogP contribution in [0.5, 0.6) is 0 Å². The van der Waals surface area contributed by atoms with E-state index < -0.39 is 0 Å². The van der Waals surface area contributed by atoms with Gasteiger partial charge in [-0.1, -0.05) is 32.1 Å². The molecule has 0 amide bonds. The molecule has 0 heterocycles. The predicted molar refractivity (Wildman–Crippen MR) is 75.4 cm³/mol. The van der Waals surface area contributed by atoms with Crippen LogP contribution in [0.3, 0.4) is 0 Å². The molecule has 0 aromatic carbocycles. The number of hydrogen-bond acceptors (Lipinski definition) is 1. The lowest BCUT2D eigenvalue weighted by atomic mass is 9.85. The summed E-state index contributed by atoms with van der Waals surface area (Å²) in [4.78, 5) is 4.54. The molecule has 102 valence electrons. The Kier molecular flexibility index (Phi) is 3.76. The Morgan fingerprint density at radius 1 is 1.06 bits per heavy atom. The summed E-state index contributed by atoms with van der Waals surface area (Å²) in [5.41, 5.74) is 5.92. The minimum Gasteiger partial charge on any atom is -0.370 e. The number of rotatable bonds is 4. The van der Waals surface area contributed by atoms with Crippen molar-refractivity contribution >= 4 is 5.96 Å². The third kappa shape index (κ3) is 2.99. The van der Waals surface area contributed by atoms with Crippen LogP contribution >= 0.6 is 0 Å². The van der Waals surface area contributed by atoms with Gasteiger partial charge in [-0.2, -0.15) is 0 Å². The summed E-state index contributed by atoms with van der Waals surface area (Å²) in [6.45, 7) is 0.965. The predicted octanol–water partition coefficient (Wildman–Crippen LogP) is 2.66. The SMILES string of the molecule is NC(=NC[C@@H]1C[C@H]1C1CCCCC1)NC1CCC1. The van der Waals surface area contributed by atoms with E-state index in [2.05, 4.69) is 10.3 Å². The Labute approximate surface area is 111 Å². The second-order valence-corrected chi connectivity index (χ2v) is 6.56. The van der Waals surface area contributed by atoms with E-state index in [0.717, 1.165) is 24.3 Å². The molecule has 0 radical (unpaired) electrons. The first-order valence-electron chi connectivity index (χ1n) is 7.89. The first-order chi connectivity index (χ1) is 8.83. The average Bonchev–Trinajstić information content (AvgIpc) is 3.12. The number of nitrogens with zero attached hydrogens (tertiary/aromatic N) is 1. The molecular formula is C15H27N3. The zero-order valence-corrected chi connectivity index (χ0v) is 11.4. The van der Waals surface area contributed by atoms with E-state index in [0.29, 0.717) is 12.0 Å². The van der Waals surface area contributed by atoms with Gasteiger partial charge in [-0.15, -0.1) is 0 Å². The molecule has 2 atom stereocenters. The zero-order valence-electron chi connectivity index (χ0n) is 11.4. The minimum absolute atomic E-state index is 0.613. The summed E-state index contributed by atoms with van der Waals surface area (Å²) in [5.74, 6) is 3.52. The third-order valence-corrected chi connectivity index (χ3v) is 5.19.